The number of piperidine rings is 1. The van der Waals surface area contributed by atoms with Crippen molar-refractivity contribution in [3.63, 3.8) is 0 Å². The highest BCUT2D eigenvalue weighted by molar-refractivity contribution is 6.31. The summed E-state index contributed by atoms with van der Waals surface area (Å²) in [5.41, 5.74) is 6.81. The fraction of sp³-hybridized carbons (Fsp3) is 0.500. The molecule has 1 atom stereocenters. The molecular formula is C14H20ClN3O. The van der Waals surface area contributed by atoms with E-state index in [0.29, 0.717) is 16.3 Å². The van der Waals surface area contributed by atoms with Crippen molar-refractivity contribution in [3.05, 3.63) is 28.8 Å². The first-order valence-electron chi connectivity index (χ1n) is 6.49. The molecule has 2 rings (SSSR count). The number of rotatable bonds is 2. The second-order valence-electron chi connectivity index (χ2n) is 5.25. The number of likely N-dealkylation sites (tertiary alicyclic amines) is 1. The number of anilines is 1. The number of hydrogen-bond donors (Lipinski definition) is 1. The predicted octanol–water partition coefficient (Wildman–Crippen LogP) is 2.09. The smallest absolute Gasteiger partial charge is 0.254 e. The third kappa shape index (κ3) is 3.39. The normalized spacial score (nSPS) is 20.3. The number of nitrogen functional groups attached to an aromatic ring is 1. The van der Waals surface area contributed by atoms with Gasteiger partial charge in [0.1, 0.15) is 0 Å². The molecule has 1 fully saturated rings. The van der Waals surface area contributed by atoms with E-state index in [1.807, 2.05) is 7.05 Å². The van der Waals surface area contributed by atoms with Gasteiger partial charge in [0.2, 0.25) is 0 Å². The molecule has 104 valence electrons. The van der Waals surface area contributed by atoms with Crippen LogP contribution >= 0.6 is 11.6 Å². The Kier molecular flexibility index (Phi) is 4.32. The molecule has 1 saturated heterocycles. The molecule has 1 unspecified atom stereocenters. The summed E-state index contributed by atoms with van der Waals surface area (Å²) in [5, 5.41) is 0.498. The third-order valence-corrected chi connectivity index (χ3v) is 3.85. The van der Waals surface area contributed by atoms with Gasteiger partial charge >= 0.3 is 0 Å². The number of likely N-dealkylation sites (N-methyl/N-ethyl adjacent to an activating group) is 2. The molecule has 1 heterocycles. The molecule has 1 aromatic rings. The average molecular weight is 282 g/mol. The van der Waals surface area contributed by atoms with Crippen molar-refractivity contribution in [2.75, 3.05) is 32.9 Å². The molecule has 1 aliphatic heterocycles. The second-order valence-corrected chi connectivity index (χ2v) is 5.68. The van der Waals surface area contributed by atoms with E-state index in [1.165, 1.54) is 0 Å². The first kappa shape index (κ1) is 14.2. The van der Waals surface area contributed by atoms with Crippen LogP contribution in [0.3, 0.4) is 0 Å². The lowest BCUT2D eigenvalue weighted by Gasteiger charge is -2.35. The predicted molar refractivity (Wildman–Crippen MR) is 78.5 cm³/mol. The summed E-state index contributed by atoms with van der Waals surface area (Å²) >= 11 is 5.95. The minimum atomic E-state index is -0.0190. The van der Waals surface area contributed by atoms with Crippen LogP contribution < -0.4 is 5.73 Å². The van der Waals surface area contributed by atoms with E-state index in [2.05, 4.69) is 11.9 Å². The molecule has 0 aliphatic carbocycles. The van der Waals surface area contributed by atoms with Crippen LogP contribution in [0.2, 0.25) is 5.02 Å². The van der Waals surface area contributed by atoms with Crippen LogP contribution in [-0.2, 0) is 0 Å². The van der Waals surface area contributed by atoms with Gasteiger partial charge in [-0.3, -0.25) is 4.79 Å². The number of carbonyl (C=O) groups excluding carboxylic acids is 1. The van der Waals surface area contributed by atoms with E-state index in [4.69, 9.17) is 17.3 Å². The fourth-order valence-electron chi connectivity index (χ4n) is 2.56. The van der Waals surface area contributed by atoms with Crippen LogP contribution in [0.25, 0.3) is 0 Å². The number of halogens is 1. The van der Waals surface area contributed by atoms with Crippen molar-refractivity contribution in [3.8, 4) is 0 Å². The van der Waals surface area contributed by atoms with E-state index in [0.717, 1.165) is 25.9 Å². The molecule has 5 heteroatoms. The lowest BCUT2D eigenvalue weighted by atomic mass is 10.0. The number of amides is 1. The molecule has 0 aromatic heterocycles. The topological polar surface area (TPSA) is 49.6 Å². The maximum Gasteiger partial charge on any atom is 0.254 e. The maximum absolute atomic E-state index is 12.4. The van der Waals surface area contributed by atoms with Gasteiger partial charge < -0.3 is 15.5 Å². The van der Waals surface area contributed by atoms with Crippen LogP contribution in [0, 0.1) is 0 Å². The molecule has 19 heavy (non-hydrogen) atoms. The van der Waals surface area contributed by atoms with Crippen molar-refractivity contribution < 1.29 is 4.79 Å². The van der Waals surface area contributed by atoms with E-state index >= 15 is 0 Å². The summed E-state index contributed by atoms with van der Waals surface area (Å²) in [4.78, 5) is 16.5. The monoisotopic (exact) mass is 281 g/mol. The van der Waals surface area contributed by atoms with Crippen LogP contribution in [0.1, 0.15) is 23.2 Å². The zero-order chi connectivity index (χ0) is 14.0. The Labute approximate surface area is 119 Å². The average Bonchev–Trinajstić information content (AvgIpc) is 2.36. The third-order valence-electron chi connectivity index (χ3n) is 3.63. The summed E-state index contributed by atoms with van der Waals surface area (Å²) < 4.78 is 0. The minimum absolute atomic E-state index is 0.0190. The van der Waals surface area contributed by atoms with Crippen LogP contribution in [0.4, 0.5) is 5.69 Å². The van der Waals surface area contributed by atoms with E-state index in [9.17, 15) is 4.79 Å². The zero-order valence-electron chi connectivity index (χ0n) is 11.4. The molecule has 2 N–H and O–H groups in total. The fourth-order valence-corrected chi connectivity index (χ4v) is 2.80. The van der Waals surface area contributed by atoms with E-state index in [1.54, 1.807) is 23.1 Å². The van der Waals surface area contributed by atoms with Gasteiger partial charge in [-0.2, -0.15) is 0 Å². The molecule has 0 saturated carbocycles. The first-order valence-corrected chi connectivity index (χ1v) is 6.87. The van der Waals surface area contributed by atoms with Gasteiger partial charge in [-0.25, -0.2) is 0 Å². The van der Waals surface area contributed by atoms with Gasteiger partial charge in [-0.05, 0) is 44.6 Å². The SMILES string of the molecule is CN1CCCC(N(C)C(=O)c2cc(N)cc(Cl)c2)C1. The summed E-state index contributed by atoms with van der Waals surface area (Å²) in [7, 11) is 3.94. The Balaban J connectivity index is 2.13. The second kappa shape index (κ2) is 5.80. The molecule has 1 aliphatic rings. The highest BCUT2D eigenvalue weighted by Gasteiger charge is 2.25. The highest BCUT2D eigenvalue weighted by atomic mass is 35.5. The largest absolute Gasteiger partial charge is 0.399 e. The van der Waals surface area contributed by atoms with Gasteiger partial charge in [0.15, 0.2) is 0 Å². The number of nitrogens with two attached hydrogens (primary N) is 1. The Hall–Kier alpha value is -1.26. The summed E-state index contributed by atoms with van der Waals surface area (Å²) in [6.07, 6.45) is 2.17. The Morgan fingerprint density at radius 1 is 1.47 bits per heavy atom. The van der Waals surface area contributed by atoms with Crippen LogP contribution in [-0.4, -0.2) is 48.9 Å². The molecule has 1 aromatic carbocycles. The maximum atomic E-state index is 12.4. The Morgan fingerprint density at radius 2 is 2.21 bits per heavy atom. The van der Waals surface area contributed by atoms with Crippen LogP contribution in [0.15, 0.2) is 18.2 Å². The van der Waals surface area contributed by atoms with Crippen molar-refractivity contribution in [1.29, 1.82) is 0 Å². The van der Waals surface area contributed by atoms with Gasteiger partial charge in [-0.1, -0.05) is 11.6 Å². The highest BCUT2D eigenvalue weighted by Crippen LogP contribution is 2.20. The quantitative estimate of drug-likeness (QED) is 0.845. The molecule has 0 radical (unpaired) electrons. The minimum Gasteiger partial charge on any atom is -0.399 e. The Morgan fingerprint density at radius 3 is 2.84 bits per heavy atom. The van der Waals surface area contributed by atoms with E-state index < -0.39 is 0 Å². The number of benzene rings is 1. The van der Waals surface area contributed by atoms with Gasteiger partial charge in [0.25, 0.3) is 5.91 Å². The zero-order valence-corrected chi connectivity index (χ0v) is 12.2. The number of hydrogen-bond acceptors (Lipinski definition) is 3. The Bertz CT molecular complexity index is 458. The van der Waals surface area contributed by atoms with Gasteiger partial charge in [-0.15, -0.1) is 0 Å². The molecule has 1 amide bonds. The first-order chi connectivity index (χ1) is 8.97. The number of carbonyl (C=O) groups is 1. The van der Waals surface area contributed by atoms with Crippen molar-refractivity contribution >= 4 is 23.2 Å². The summed E-state index contributed by atoms with van der Waals surface area (Å²) in [6.45, 7) is 2.01. The van der Waals surface area contributed by atoms with Crippen LogP contribution in [0.5, 0.6) is 0 Å². The van der Waals surface area contributed by atoms with Crippen molar-refractivity contribution in [2.45, 2.75) is 18.9 Å². The molecular weight excluding hydrogens is 262 g/mol. The van der Waals surface area contributed by atoms with E-state index in [-0.39, 0.29) is 11.9 Å². The van der Waals surface area contributed by atoms with Gasteiger partial charge in [0, 0.05) is 35.9 Å². The summed E-state index contributed by atoms with van der Waals surface area (Å²) in [6, 6.07) is 5.25. The lowest BCUT2D eigenvalue weighted by molar-refractivity contribution is 0.0644. The van der Waals surface area contributed by atoms with Gasteiger partial charge in [0.05, 0.1) is 0 Å². The molecule has 4 nitrogen and oxygen atoms in total. The lowest BCUT2D eigenvalue weighted by Crippen LogP contribution is -2.47. The van der Waals surface area contributed by atoms with Crippen molar-refractivity contribution in [1.82, 2.24) is 9.80 Å². The molecule has 0 bridgehead atoms. The standard InChI is InChI=1S/C14H20ClN3O/c1-17-5-3-4-13(9-17)18(2)14(19)10-6-11(15)8-12(16)7-10/h6-8,13H,3-5,9,16H2,1-2H3. The summed E-state index contributed by atoms with van der Waals surface area (Å²) in [5.74, 6) is -0.0190. The number of nitrogens with zero attached hydrogens (tertiary/aromatic N) is 2. The molecule has 0 spiro atoms. The van der Waals surface area contributed by atoms with Crippen molar-refractivity contribution in [2.24, 2.45) is 0 Å².